The number of nitrogens with one attached hydrogen (secondary N) is 1. The van der Waals surface area contributed by atoms with Gasteiger partial charge in [-0.15, -0.1) is 0 Å². The lowest BCUT2D eigenvalue weighted by Gasteiger charge is -2.07. The van der Waals surface area contributed by atoms with E-state index in [2.05, 4.69) is 17.4 Å². The second kappa shape index (κ2) is 8.37. The van der Waals surface area contributed by atoms with Crippen molar-refractivity contribution in [3.8, 4) is 0 Å². The van der Waals surface area contributed by atoms with Crippen molar-refractivity contribution in [2.45, 2.75) is 18.6 Å². The standard InChI is InChI=1S/C17H20N2OS/c18-15-9-4-5-10-16(15)19-17(20)11-6-12-21-13-14-7-2-1-3-8-14/h1-5,7-10H,6,11-13,18H2,(H,19,20). The van der Waals surface area contributed by atoms with Crippen LogP contribution in [0.15, 0.2) is 54.6 Å². The largest absolute Gasteiger partial charge is 0.397 e. The molecule has 0 aliphatic heterocycles. The lowest BCUT2D eigenvalue weighted by molar-refractivity contribution is -0.116. The Hall–Kier alpha value is -1.94. The van der Waals surface area contributed by atoms with Crippen LogP contribution in [0.25, 0.3) is 0 Å². The van der Waals surface area contributed by atoms with E-state index in [0.717, 1.165) is 17.9 Å². The van der Waals surface area contributed by atoms with Crippen LogP contribution < -0.4 is 11.1 Å². The number of carbonyl (C=O) groups is 1. The van der Waals surface area contributed by atoms with Crippen molar-refractivity contribution in [3.63, 3.8) is 0 Å². The van der Waals surface area contributed by atoms with Crippen LogP contribution in [0.3, 0.4) is 0 Å². The van der Waals surface area contributed by atoms with Crippen molar-refractivity contribution in [1.82, 2.24) is 0 Å². The molecule has 0 unspecified atom stereocenters. The molecule has 0 saturated heterocycles. The van der Waals surface area contributed by atoms with E-state index in [1.165, 1.54) is 5.56 Å². The maximum absolute atomic E-state index is 11.8. The zero-order chi connectivity index (χ0) is 14.9. The molecule has 0 bridgehead atoms. The number of hydrogen-bond donors (Lipinski definition) is 2. The number of anilines is 2. The molecule has 2 rings (SSSR count). The highest BCUT2D eigenvalue weighted by atomic mass is 32.2. The summed E-state index contributed by atoms with van der Waals surface area (Å²) in [6, 6.07) is 17.7. The van der Waals surface area contributed by atoms with Crippen molar-refractivity contribution in [2.24, 2.45) is 0 Å². The van der Waals surface area contributed by atoms with Crippen LogP contribution in [0.4, 0.5) is 11.4 Å². The van der Waals surface area contributed by atoms with E-state index in [-0.39, 0.29) is 5.91 Å². The Kier molecular flexibility index (Phi) is 6.16. The summed E-state index contributed by atoms with van der Waals surface area (Å²) in [5, 5.41) is 2.85. The van der Waals surface area contributed by atoms with Crippen LogP contribution in [-0.2, 0) is 10.5 Å². The van der Waals surface area contributed by atoms with Gasteiger partial charge in [0.2, 0.25) is 5.91 Å². The molecule has 0 aliphatic carbocycles. The number of thioether (sulfide) groups is 1. The summed E-state index contributed by atoms with van der Waals surface area (Å²) in [6.45, 7) is 0. The predicted molar refractivity (Wildman–Crippen MR) is 91.3 cm³/mol. The summed E-state index contributed by atoms with van der Waals surface area (Å²) in [7, 11) is 0. The van der Waals surface area contributed by atoms with Gasteiger partial charge in [0.25, 0.3) is 0 Å². The molecular formula is C17H20N2OS. The molecule has 3 nitrogen and oxygen atoms in total. The van der Waals surface area contributed by atoms with E-state index < -0.39 is 0 Å². The van der Waals surface area contributed by atoms with Gasteiger partial charge in [-0.25, -0.2) is 0 Å². The highest BCUT2D eigenvalue weighted by molar-refractivity contribution is 7.98. The number of nitrogens with two attached hydrogens (primary N) is 1. The Morgan fingerprint density at radius 1 is 1.05 bits per heavy atom. The molecule has 2 aromatic carbocycles. The van der Waals surface area contributed by atoms with Gasteiger partial charge in [-0.3, -0.25) is 4.79 Å². The van der Waals surface area contributed by atoms with Crippen LogP contribution in [0.2, 0.25) is 0 Å². The van der Waals surface area contributed by atoms with Crippen molar-refractivity contribution in [3.05, 3.63) is 60.2 Å². The van der Waals surface area contributed by atoms with Crippen molar-refractivity contribution < 1.29 is 4.79 Å². The number of benzene rings is 2. The molecule has 1 amide bonds. The number of para-hydroxylation sites is 2. The van der Waals surface area contributed by atoms with E-state index in [4.69, 9.17) is 5.73 Å². The van der Waals surface area contributed by atoms with Gasteiger partial charge in [0.1, 0.15) is 0 Å². The zero-order valence-electron chi connectivity index (χ0n) is 11.9. The zero-order valence-corrected chi connectivity index (χ0v) is 12.7. The number of hydrogen-bond acceptors (Lipinski definition) is 3. The van der Waals surface area contributed by atoms with Crippen molar-refractivity contribution >= 4 is 29.0 Å². The topological polar surface area (TPSA) is 55.1 Å². The molecule has 4 heteroatoms. The van der Waals surface area contributed by atoms with Gasteiger partial charge >= 0.3 is 0 Å². The Balaban J connectivity index is 1.63. The summed E-state index contributed by atoms with van der Waals surface area (Å²) in [5.41, 5.74) is 8.41. The van der Waals surface area contributed by atoms with Crippen LogP contribution in [-0.4, -0.2) is 11.7 Å². The normalized spacial score (nSPS) is 10.3. The molecule has 0 heterocycles. The molecule has 0 aromatic heterocycles. The van der Waals surface area contributed by atoms with E-state index in [9.17, 15) is 4.79 Å². The lowest BCUT2D eigenvalue weighted by Crippen LogP contribution is -2.12. The first kappa shape index (κ1) is 15.4. The number of amides is 1. The molecule has 0 spiro atoms. The predicted octanol–water partition coefficient (Wildman–Crippen LogP) is 3.92. The summed E-state index contributed by atoms with van der Waals surface area (Å²) in [4.78, 5) is 11.8. The number of nitrogen functional groups attached to an aromatic ring is 1. The summed E-state index contributed by atoms with van der Waals surface area (Å²) in [6.07, 6.45) is 1.40. The van der Waals surface area contributed by atoms with E-state index in [0.29, 0.717) is 17.8 Å². The van der Waals surface area contributed by atoms with Gasteiger partial charge in [0, 0.05) is 12.2 Å². The lowest BCUT2D eigenvalue weighted by atomic mass is 10.2. The fourth-order valence-electron chi connectivity index (χ4n) is 1.92. The first-order valence-corrected chi connectivity index (χ1v) is 8.17. The minimum Gasteiger partial charge on any atom is -0.397 e. The number of carbonyl (C=O) groups excluding carboxylic acids is 1. The van der Waals surface area contributed by atoms with Gasteiger partial charge in [0.05, 0.1) is 11.4 Å². The minimum absolute atomic E-state index is 0.0215. The van der Waals surface area contributed by atoms with Gasteiger partial charge in [-0.1, -0.05) is 42.5 Å². The third kappa shape index (κ3) is 5.52. The SMILES string of the molecule is Nc1ccccc1NC(=O)CCCSCc1ccccc1. The first-order chi connectivity index (χ1) is 10.3. The van der Waals surface area contributed by atoms with Crippen molar-refractivity contribution in [1.29, 1.82) is 0 Å². The molecule has 3 N–H and O–H groups in total. The first-order valence-electron chi connectivity index (χ1n) is 7.02. The molecule has 110 valence electrons. The summed E-state index contributed by atoms with van der Waals surface area (Å²) in [5.74, 6) is 1.99. The molecule has 0 saturated carbocycles. The van der Waals surface area contributed by atoms with Crippen molar-refractivity contribution in [2.75, 3.05) is 16.8 Å². The van der Waals surface area contributed by atoms with Crippen LogP contribution >= 0.6 is 11.8 Å². The highest BCUT2D eigenvalue weighted by Crippen LogP contribution is 2.18. The maximum atomic E-state index is 11.8. The molecule has 0 radical (unpaired) electrons. The average molecular weight is 300 g/mol. The van der Waals surface area contributed by atoms with Gasteiger partial charge < -0.3 is 11.1 Å². The Morgan fingerprint density at radius 2 is 1.76 bits per heavy atom. The minimum atomic E-state index is 0.0215. The van der Waals surface area contributed by atoms with Gasteiger partial charge in [-0.2, -0.15) is 11.8 Å². The second-order valence-electron chi connectivity index (χ2n) is 4.78. The average Bonchev–Trinajstić information content (AvgIpc) is 2.50. The molecular weight excluding hydrogens is 280 g/mol. The summed E-state index contributed by atoms with van der Waals surface area (Å²) < 4.78 is 0. The molecule has 21 heavy (non-hydrogen) atoms. The quantitative estimate of drug-likeness (QED) is 0.602. The summed E-state index contributed by atoms with van der Waals surface area (Å²) >= 11 is 1.85. The van der Waals surface area contributed by atoms with Crippen LogP contribution in [0.5, 0.6) is 0 Å². The van der Waals surface area contributed by atoms with Gasteiger partial charge in [-0.05, 0) is 29.9 Å². The molecule has 0 atom stereocenters. The van der Waals surface area contributed by atoms with E-state index in [1.807, 2.05) is 48.2 Å². The number of rotatable bonds is 7. The Bertz CT molecular complexity index is 572. The third-order valence-electron chi connectivity index (χ3n) is 3.04. The Labute approximate surface area is 129 Å². The third-order valence-corrected chi connectivity index (χ3v) is 4.15. The monoisotopic (exact) mass is 300 g/mol. The smallest absolute Gasteiger partial charge is 0.224 e. The van der Waals surface area contributed by atoms with Crippen LogP contribution in [0, 0.1) is 0 Å². The van der Waals surface area contributed by atoms with Crippen LogP contribution in [0.1, 0.15) is 18.4 Å². The maximum Gasteiger partial charge on any atom is 0.224 e. The van der Waals surface area contributed by atoms with E-state index in [1.54, 1.807) is 6.07 Å². The molecule has 0 fully saturated rings. The Morgan fingerprint density at radius 3 is 2.52 bits per heavy atom. The van der Waals surface area contributed by atoms with E-state index >= 15 is 0 Å². The fraction of sp³-hybridized carbons (Fsp3) is 0.235. The highest BCUT2D eigenvalue weighted by Gasteiger charge is 2.04. The molecule has 0 aliphatic rings. The molecule has 2 aromatic rings. The second-order valence-corrected chi connectivity index (χ2v) is 5.88. The fourth-order valence-corrected chi connectivity index (χ4v) is 2.84. The van der Waals surface area contributed by atoms with Gasteiger partial charge in [0.15, 0.2) is 0 Å².